The maximum Gasteiger partial charge on any atom is 0.0368 e. The Hall–Kier alpha value is -0.980. The summed E-state index contributed by atoms with van der Waals surface area (Å²) in [6.45, 7) is 8.76. The van der Waals surface area contributed by atoms with E-state index in [-0.39, 0.29) is 5.54 Å². The number of nitrogens with zero attached hydrogens (tertiary/aromatic N) is 1. The van der Waals surface area contributed by atoms with Crippen LogP contribution >= 0.6 is 0 Å². The molecule has 1 rings (SSSR count). The number of aryl methyl sites for hydroxylation is 1. The van der Waals surface area contributed by atoms with Crippen molar-refractivity contribution in [3.05, 3.63) is 29.8 Å². The Balaban J connectivity index is 2.90. The first-order chi connectivity index (χ1) is 5.91. The van der Waals surface area contributed by atoms with Gasteiger partial charge in [0, 0.05) is 18.3 Å². The number of hydrogen-bond acceptors (Lipinski definition) is 1. The summed E-state index contributed by atoms with van der Waals surface area (Å²) < 4.78 is 0. The Labute approximate surface area is 81.4 Å². The smallest absolute Gasteiger partial charge is 0.0368 e. The molecule has 0 spiro atoms. The molecule has 0 saturated heterocycles. The van der Waals surface area contributed by atoms with E-state index in [1.165, 1.54) is 11.3 Å². The van der Waals surface area contributed by atoms with Gasteiger partial charge in [-0.1, -0.05) is 17.7 Å². The monoisotopic (exact) mass is 177 g/mol. The van der Waals surface area contributed by atoms with Crippen LogP contribution in [0.2, 0.25) is 0 Å². The summed E-state index contributed by atoms with van der Waals surface area (Å²) in [5.41, 5.74) is 2.78. The van der Waals surface area contributed by atoms with E-state index in [4.69, 9.17) is 0 Å². The third-order valence-electron chi connectivity index (χ3n) is 2.43. The fraction of sp³-hybridized carbons (Fsp3) is 0.500. The van der Waals surface area contributed by atoms with Crippen LogP contribution in [-0.4, -0.2) is 12.6 Å². The van der Waals surface area contributed by atoms with Crippen molar-refractivity contribution in [3.8, 4) is 0 Å². The molecule has 0 unspecified atom stereocenters. The average molecular weight is 177 g/mol. The first-order valence-corrected chi connectivity index (χ1v) is 4.72. The van der Waals surface area contributed by atoms with Crippen molar-refractivity contribution in [2.45, 2.75) is 33.2 Å². The van der Waals surface area contributed by atoms with Crippen molar-refractivity contribution in [3.63, 3.8) is 0 Å². The van der Waals surface area contributed by atoms with Crippen LogP contribution in [0.5, 0.6) is 0 Å². The fourth-order valence-corrected chi connectivity index (χ4v) is 1.16. The summed E-state index contributed by atoms with van der Waals surface area (Å²) >= 11 is 0. The SMILES string of the molecule is Cc1ccc(N(C)C(C)(C)C)cc1. The number of rotatable bonds is 1. The van der Waals surface area contributed by atoms with Crippen molar-refractivity contribution in [1.29, 1.82) is 0 Å². The molecule has 0 bridgehead atoms. The van der Waals surface area contributed by atoms with Gasteiger partial charge in [0.05, 0.1) is 0 Å². The van der Waals surface area contributed by atoms with Gasteiger partial charge in [0.1, 0.15) is 0 Å². The molecule has 1 aromatic carbocycles. The maximum absolute atomic E-state index is 2.28. The van der Waals surface area contributed by atoms with Crippen molar-refractivity contribution < 1.29 is 0 Å². The van der Waals surface area contributed by atoms with Crippen molar-refractivity contribution >= 4 is 5.69 Å². The zero-order valence-corrected chi connectivity index (χ0v) is 9.26. The predicted molar refractivity (Wildman–Crippen MR) is 59.3 cm³/mol. The second-order valence-electron chi connectivity index (χ2n) is 4.57. The third-order valence-corrected chi connectivity index (χ3v) is 2.43. The lowest BCUT2D eigenvalue weighted by atomic mass is 10.1. The van der Waals surface area contributed by atoms with Crippen LogP contribution in [0.3, 0.4) is 0 Å². The Morgan fingerprint density at radius 1 is 1.00 bits per heavy atom. The van der Waals surface area contributed by atoms with Gasteiger partial charge in [0.25, 0.3) is 0 Å². The van der Waals surface area contributed by atoms with E-state index in [0.29, 0.717) is 0 Å². The third kappa shape index (κ3) is 2.48. The summed E-state index contributed by atoms with van der Waals surface area (Å²) in [6, 6.07) is 8.64. The first kappa shape index (κ1) is 10.1. The van der Waals surface area contributed by atoms with Crippen LogP contribution in [0.1, 0.15) is 26.3 Å². The molecule has 0 heterocycles. The van der Waals surface area contributed by atoms with E-state index >= 15 is 0 Å². The van der Waals surface area contributed by atoms with Crippen LogP contribution in [0, 0.1) is 6.92 Å². The lowest BCUT2D eigenvalue weighted by molar-refractivity contribution is 0.539. The predicted octanol–water partition coefficient (Wildman–Crippen LogP) is 3.23. The molecule has 72 valence electrons. The van der Waals surface area contributed by atoms with E-state index < -0.39 is 0 Å². The zero-order chi connectivity index (χ0) is 10.1. The Bertz CT molecular complexity index is 266. The van der Waals surface area contributed by atoms with E-state index in [9.17, 15) is 0 Å². The zero-order valence-electron chi connectivity index (χ0n) is 9.26. The van der Waals surface area contributed by atoms with Gasteiger partial charge in [0.2, 0.25) is 0 Å². The maximum atomic E-state index is 2.28. The quantitative estimate of drug-likeness (QED) is 0.636. The van der Waals surface area contributed by atoms with Gasteiger partial charge in [0.15, 0.2) is 0 Å². The Morgan fingerprint density at radius 3 is 1.85 bits per heavy atom. The Kier molecular flexibility index (Phi) is 2.65. The largest absolute Gasteiger partial charge is 0.370 e. The molecule has 0 aliphatic rings. The van der Waals surface area contributed by atoms with Crippen molar-refractivity contribution in [2.75, 3.05) is 11.9 Å². The molecule has 0 N–H and O–H groups in total. The topological polar surface area (TPSA) is 3.24 Å². The summed E-state index contributed by atoms with van der Waals surface area (Å²) in [7, 11) is 2.13. The highest BCUT2D eigenvalue weighted by Gasteiger charge is 2.16. The molecule has 0 amide bonds. The summed E-state index contributed by atoms with van der Waals surface area (Å²) in [4.78, 5) is 2.28. The van der Waals surface area contributed by atoms with Crippen LogP contribution in [0.15, 0.2) is 24.3 Å². The lowest BCUT2D eigenvalue weighted by Crippen LogP contribution is -2.37. The molecule has 1 heteroatoms. The Morgan fingerprint density at radius 2 is 1.46 bits per heavy atom. The van der Waals surface area contributed by atoms with E-state index in [1.807, 2.05) is 0 Å². The molecule has 0 aromatic heterocycles. The molecular weight excluding hydrogens is 158 g/mol. The molecule has 1 nitrogen and oxygen atoms in total. The summed E-state index contributed by atoms with van der Waals surface area (Å²) in [6.07, 6.45) is 0. The van der Waals surface area contributed by atoms with E-state index in [2.05, 4.69) is 63.9 Å². The molecule has 0 fully saturated rings. The van der Waals surface area contributed by atoms with Crippen molar-refractivity contribution in [2.24, 2.45) is 0 Å². The minimum Gasteiger partial charge on any atom is -0.370 e. The number of anilines is 1. The van der Waals surface area contributed by atoms with Gasteiger partial charge in [-0.25, -0.2) is 0 Å². The van der Waals surface area contributed by atoms with Gasteiger partial charge in [-0.3, -0.25) is 0 Å². The van der Waals surface area contributed by atoms with Crippen LogP contribution < -0.4 is 4.90 Å². The van der Waals surface area contributed by atoms with Gasteiger partial charge < -0.3 is 4.90 Å². The normalized spacial score (nSPS) is 11.5. The summed E-state index contributed by atoms with van der Waals surface area (Å²) in [5, 5.41) is 0. The highest BCUT2D eigenvalue weighted by Crippen LogP contribution is 2.21. The molecule has 13 heavy (non-hydrogen) atoms. The highest BCUT2D eigenvalue weighted by molar-refractivity contribution is 5.48. The minimum atomic E-state index is 0.190. The van der Waals surface area contributed by atoms with E-state index in [0.717, 1.165) is 0 Å². The second kappa shape index (κ2) is 3.41. The van der Waals surface area contributed by atoms with Crippen molar-refractivity contribution in [1.82, 2.24) is 0 Å². The number of benzene rings is 1. The van der Waals surface area contributed by atoms with Crippen LogP contribution in [-0.2, 0) is 0 Å². The summed E-state index contributed by atoms with van der Waals surface area (Å²) in [5.74, 6) is 0. The molecule has 0 radical (unpaired) electrons. The molecule has 0 aliphatic heterocycles. The van der Waals surface area contributed by atoms with Gasteiger partial charge in [-0.05, 0) is 39.8 Å². The van der Waals surface area contributed by atoms with Gasteiger partial charge in [-0.2, -0.15) is 0 Å². The molecular formula is C12H19N. The highest BCUT2D eigenvalue weighted by atomic mass is 15.2. The van der Waals surface area contributed by atoms with Crippen LogP contribution in [0.4, 0.5) is 5.69 Å². The standard InChI is InChI=1S/C12H19N/c1-10-6-8-11(9-7-10)13(5)12(2,3)4/h6-9H,1-5H3. The number of hydrogen-bond donors (Lipinski definition) is 0. The fourth-order valence-electron chi connectivity index (χ4n) is 1.16. The molecule has 1 aromatic rings. The molecule has 0 saturated carbocycles. The lowest BCUT2D eigenvalue weighted by Gasteiger charge is -2.34. The van der Waals surface area contributed by atoms with E-state index in [1.54, 1.807) is 0 Å². The van der Waals surface area contributed by atoms with Gasteiger partial charge >= 0.3 is 0 Å². The average Bonchev–Trinajstić information content (AvgIpc) is 2.03. The van der Waals surface area contributed by atoms with Gasteiger partial charge in [-0.15, -0.1) is 0 Å². The molecule has 0 atom stereocenters. The molecule has 0 aliphatic carbocycles. The second-order valence-corrected chi connectivity index (χ2v) is 4.57. The minimum absolute atomic E-state index is 0.190. The van der Waals surface area contributed by atoms with Crippen LogP contribution in [0.25, 0.3) is 0 Å². The first-order valence-electron chi connectivity index (χ1n) is 4.72.